The zero-order chi connectivity index (χ0) is 10.3. The van der Waals surface area contributed by atoms with Gasteiger partial charge in [0.2, 0.25) is 0 Å². The first-order valence-corrected chi connectivity index (χ1v) is 3.82. The van der Waals surface area contributed by atoms with Crippen molar-refractivity contribution >= 4 is 5.97 Å². The summed E-state index contributed by atoms with van der Waals surface area (Å²) in [5.41, 5.74) is 3.79. The number of aliphatic hydroxyl groups is 3. The molecule has 0 fully saturated rings. The van der Waals surface area contributed by atoms with Crippen LogP contribution in [0.15, 0.2) is 0 Å². The summed E-state index contributed by atoms with van der Waals surface area (Å²) in [6.07, 6.45) is 0. The average Bonchev–Trinajstić information content (AvgIpc) is 2.20. The Morgan fingerprint density at radius 2 is 1.69 bits per heavy atom. The largest absolute Gasteiger partial charge is 0.464 e. The summed E-state index contributed by atoms with van der Waals surface area (Å²) in [6, 6.07) is 0. The Balaban J connectivity index is 4.02. The number of rotatable bonds is 6. The van der Waals surface area contributed by atoms with Crippen LogP contribution in [-0.2, 0) is 9.53 Å². The molecule has 0 unspecified atom stereocenters. The molecule has 0 amide bonds. The lowest BCUT2D eigenvalue weighted by atomic mass is 9.93. The van der Waals surface area contributed by atoms with Crippen LogP contribution in [0.3, 0.4) is 0 Å². The highest BCUT2D eigenvalue weighted by atomic mass is 16.5. The maximum Gasteiger partial charge on any atom is 0.319 e. The second-order valence-corrected chi connectivity index (χ2v) is 2.84. The van der Waals surface area contributed by atoms with Gasteiger partial charge in [0.05, 0.1) is 31.8 Å². The van der Waals surface area contributed by atoms with E-state index in [1.807, 2.05) is 0 Å². The van der Waals surface area contributed by atoms with E-state index in [1.54, 1.807) is 0 Å². The predicted molar refractivity (Wildman–Crippen MR) is 43.7 cm³/mol. The zero-order valence-corrected chi connectivity index (χ0v) is 7.27. The summed E-state index contributed by atoms with van der Waals surface area (Å²) in [7, 11) is 0. The molecule has 0 bridgehead atoms. The van der Waals surface area contributed by atoms with Crippen molar-refractivity contribution in [1.82, 2.24) is 0 Å². The zero-order valence-electron chi connectivity index (χ0n) is 7.27. The third-order valence-electron chi connectivity index (χ3n) is 1.71. The lowest BCUT2D eigenvalue weighted by Gasteiger charge is -2.26. The quantitative estimate of drug-likeness (QED) is 0.345. The molecule has 0 aromatic rings. The molecule has 0 saturated heterocycles. The number of hydrogen-bond acceptors (Lipinski definition) is 6. The van der Waals surface area contributed by atoms with E-state index in [-0.39, 0.29) is 13.2 Å². The highest BCUT2D eigenvalue weighted by Crippen LogP contribution is 2.14. The van der Waals surface area contributed by atoms with Crippen molar-refractivity contribution in [2.75, 3.05) is 33.0 Å². The van der Waals surface area contributed by atoms with Crippen molar-refractivity contribution in [3.05, 3.63) is 0 Å². The van der Waals surface area contributed by atoms with Gasteiger partial charge in [-0.15, -0.1) is 0 Å². The fourth-order valence-corrected chi connectivity index (χ4v) is 0.579. The molecule has 0 radical (unpaired) electrons. The molecule has 0 aliphatic heterocycles. The van der Waals surface area contributed by atoms with E-state index in [4.69, 9.17) is 21.1 Å². The SMILES string of the molecule is NCC(=O)OCC(CO)(CO)CO. The molecule has 0 saturated carbocycles. The normalized spacial score (nSPS) is 11.4. The highest BCUT2D eigenvalue weighted by Gasteiger charge is 2.29. The highest BCUT2D eigenvalue weighted by molar-refractivity contribution is 5.71. The third-order valence-corrected chi connectivity index (χ3v) is 1.71. The van der Waals surface area contributed by atoms with Gasteiger partial charge in [-0.2, -0.15) is 0 Å². The van der Waals surface area contributed by atoms with Crippen LogP contribution in [0.25, 0.3) is 0 Å². The van der Waals surface area contributed by atoms with Gasteiger partial charge in [0.15, 0.2) is 0 Å². The maximum atomic E-state index is 10.6. The number of nitrogens with two attached hydrogens (primary N) is 1. The van der Waals surface area contributed by atoms with Crippen LogP contribution in [0.2, 0.25) is 0 Å². The Bertz CT molecular complexity index is 149. The minimum atomic E-state index is -1.18. The van der Waals surface area contributed by atoms with Crippen LogP contribution in [0.4, 0.5) is 0 Å². The van der Waals surface area contributed by atoms with Gasteiger partial charge < -0.3 is 25.8 Å². The van der Waals surface area contributed by atoms with E-state index in [0.29, 0.717) is 0 Å². The van der Waals surface area contributed by atoms with Gasteiger partial charge in [0.1, 0.15) is 6.61 Å². The van der Waals surface area contributed by atoms with Gasteiger partial charge in [-0.3, -0.25) is 4.79 Å². The Morgan fingerprint density at radius 3 is 2.00 bits per heavy atom. The average molecular weight is 193 g/mol. The van der Waals surface area contributed by atoms with E-state index in [1.165, 1.54) is 0 Å². The molecule has 0 aromatic carbocycles. The lowest BCUT2D eigenvalue weighted by Crippen LogP contribution is -2.40. The molecule has 13 heavy (non-hydrogen) atoms. The molecule has 0 aromatic heterocycles. The molecule has 0 heterocycles. The molecule has 6 nitrogen and oxygen atoms in total. The minimum absolute atomic E-state index is 0.244. The van der Waals surface area contributed by atoms with Crippen molar-refractivity contribution < 1.29 is 24.9 Å². The Morgan fingerprint density at radius 1 is 1.23 bits per heavy atom. The number of ether oxygens (including phenoxy) is 1. The van der Waals surface area contributed by atoms with Gasteiger partial charge >= 0.3 is 5.97 Å². The van der Waals surface area contributed by atoms with E-state index < -0.39 is 31.2 Å². The fourth-order valence-electron chi connectivity index (χ4n) is 0.579. The molecule has 0 atom stereocenters. The van der Waals surface area contributed by atoms with E-state index >= 15 is 0 Å². The molecule has 0 aliphatic carbocycles. The first-order valence-electron chi connectivity index (χ1n) is 3.82. The second-order valence-electron chi connectivity index (χ2n) is 2.84. The van der Waals surface area contributed by atoms with Crippen LogP contribution < -0.4 is 5.73 Å². The smallest absolute Gasteiger partial charge is 0.319 e. The first kappa shape index (κ1) is 12.3. The van der Waals surface area contributed by atoms with Gasteiger partial charge in [-0.25, -0.2) is 0 Å². The van der Waals surface area contributed by atoms with Crippen LogP contribution in [0.5, 0.6) is 0 Å². The molecule has 6 heteroatoms. The van der Waals surface area contributed by atoms with Crippen LogP contribution >= 0.6 is 0 Å². The van der Waals surface area contributed by atoms with Gasteiger partial charge in [0, 0.05) is 0 Å². The fraction of sp³-hybridized carbons (Fsp3) is 0.857. The van der Waals surface area contributed by atoms with Gasteiger partial charge in [0.25, 0.3) is 0 Å². The molecule has 5 N–H and O–H groups in total. The summed E-state index contributed by atoms with van der Waals surface area (Å²) < 4.78 is 4.59. The number of carbonyl (C=O) groups is 1. The van der Waals surface area contributed by atoms with Crippen molar-refractivity contribution in [2.24, 2.45) is 11.1 Å². The number of hydrogen-bond donors (Lipinski definition) is 4. The van der Waals surface area contributed by atoms with Gasteiger partial charge in [-0.05, 0) is 0 Å². The summed E-state index contributed by atoms with van der Waals surface area (Å²) in [4.78, 5) is 10.6. The minimum Gasteiger partial charge on any atom is -0.464 e. The standard InChI is InChI=1S/C7H15NO5/c8-1-6(12)13-5-7(2-9,3-10)4-11/h9-11H,1-5,8H2. The maximum absolute atomic E-state index is 10.6. The Kier molecular flexibility index (Phi) is 5.56. The Labute approximate surface area is 75.9 Å². The summed E-state index contributed by atoms with van der Waals surface area (Å²) in [6.45, 7) is -1.89. The number of aliphatic hydroxyl groups excluding tert-OH is 3. The lowest BCUT2D eigenvalue weighted by molar-refractivity contribution is -0.149. The summed E-state index contributed by atoms with van der Waals surface area (Å²) in [5, 5.41) is 26.5. The Hall–Kier alpha value is -0.690. The molecular formula is C7H15NO5. The molecule has 0 spiro atoms. The molecule has 78 valence electrons. The summed E-state index contributed by atoms with van der Waals surface area (Å²) >= 11 is 0. The van der Waals surface area contributed by atoms with Crippen molar-refractivity contribution in [2.45, 2.75) is 0 Å². The van der Waals surface area contributed by atoms with Crippen molar-refractivity contribution in [1.29, 1.82) is 0 Å². The first-order chi connectivity index (χ1) is 6.14. The predicted octanol–water partition coefficient (Wildman–Crippen LogP) is -2.55. The summed E-state index contributed by atoms with van der Waals surface area (Å²) in [5.74, 6) is -0.639. The third kappa shape index (κ3) is 3.69. The monoisotopic (exact) mass is 193 g/mol. The van der Waals surface area contributed by atoms with Crippen LogP contribution in [-0.4, -0.2) is 54.3 Å². The van der Waals surface area contributed by atoms with Crippen LogP contribution in [0, 0.1) is 5.41 Å². The number of esters is 1. The van der Waals surface area contributed by atoms with Crippen molar-refractivity contribution in [3.63, 3.8) is 0 Å². The molecule has 0 rings (SSSR count). The van der Waals surface area contributed by atoms with Crippen LogP contribution in [0.1, 0.15) is 0 Å². The second kappa shape index (κ2) is 5.87. The van der Waals surface area contributed by atoms with Crippen molar-refractivity contribution in [3.8, 4) is 0 Å². The number of carbonyl (C=O) groups excluding carboxylic acids is 1. The van der Waals surface area contributed by atoms with E-state index in [9.17, 15) is 4.79 Å². The molecular weight excluding hydrogens is 178 g/mol. The molecule has 0 aliphatic rings. The van der Waals surface area contributed by atoms with Gasteiger partial charge in [-0.1, -0.05) is 0 Å². The van der Waals surface area contributed by atoms with E-state index in [0.717, 1.165) is 0 Å². The topological polar surface area (TPSA) is 113 Å². The van der Waals surface area contributed by atoms with E-state index in [2.05, 4.69) is 4.74 Å².